The van der Waals surface area contributed by atoms with Crippen molar-refractivity contribution in [3.63, 3.8) is 0 Å². The molecule has 0 rings (SSSR count). The summed E-state index contributed by atoms with van der Waals surface area (Å²) in [5.41, 5.74) is 8.38. The minimum absolute atomic E-state index is 0.663. The molecule has 0 radical (unpaired) electrons. The maximum absolute atomic E-state index is 5.97. The first-order valence-electron chi connectivity index (χ1n) is 6.19. The highest BCUT2D eigenvalue weighted by Crippen LogP contribution is 2.14. The molecule has 0 heterocycles. The van der Waals surface area contributed by atoms with Gasteiger partial charge in [-0.1, -0.05) is 38.8 Å². The number of amidine groups is 1. The number of nitrogens with zero attached hydrogens (tertiary/aromatic N) is 1. The zero-order valence-corrected chi connectivity index (χ0v) is 11.4. The van der Waals surface area contributed by atoms with Gasteiger partial charge in [-0.2, -0.15) is 0 Å². The Kier molecular flexibility index (Phi) is 7.61. The molecule has 0 aromatic carbocycles. The van der Waals surface area contributed by atoms with Crippen molar-refractivity contribution in [3.05, 3.63) is 23.4 Å². The minimum Gasteiger partial charge on any atom is -0.383 e. The van der Waals surface area contributed by atoms with Gasteiger partial charge in [-0.3, -0.25) is 0 Å². The predicted octanol–water partition coefficient (Wildman–Crippen LogP) is 4.04. The number of rotatable bonds is 6. The molecule has 2 N–H and O–H groups in total. The summed E-state index contributed by atoms with van der Waals surface area (Å²) in [5, 5.41) is 0. The van der Waals surface area contributed by atoms with E-state index in [2.05, 4.69) is 38.8 Å². The third-order valence-electron chi connectivity index (χ3n) is 2.92. The van der Waals surface area contributed by atoms with Crippen LogP contribution in [0, 0.1) is 5.92 Å². The van der Waals surface area contributed by atoms with Crippen LogP contribution in [-0.2, 0) is 0 Å². The van der Waals surface area contributed by atoms with Gasteiger partial charge in [0.2, 0.25) is 0 Å². The number of aliphatic imine (C=N–C) groups is 1. The van der Waals surface area contributed by atoms with Crippen molar-refractivity contribution in [2.24, 2.45) is 16.6 Å². The highest BCUT2D eigenvalue weighted by Gasteiger charge is 2.06. The lowest BCUT2D eigenvalue weighted by atomic mass is 9.98. The summed E-state index contributed by atoms with van der Waals surface area (Å²) >= 11 is 0. The normalized spacial score (nSPS) is 16.4. The maximum atomic E-state index is 5.97. The van der Waals surface area contributed by atoms with Gasteiger partial charge in [-0.05, 0) is 38.2 Å². The standard InChI is InChI=1S/C14H26N2/c1-6-11(4)9-13(8-3)14(15)16-10-12(5)7-2/h8,10-11H,6-7,9H2,1-5H3,(H2,15,16)/b12-10+,13-8-. The fraction of sp³-hybridized carbons (Fsp3) is 0.643. The van der Waals surface area contributed by atoms with Gasteiger partial charge in [0.25, 0.3) is 0 Å². The van der Waals surface area contributed by atoms with Crippen LogP contribution in [0.25, 0.3) is 0 Å². The van der Waals surface area contributed by atoms with E-state index >= 15 is 0 Å². The van der Waals surface area contributed by atoms with Gasteiger partial charge in [0, 0.05) is 6.20 Å². The highest BCUT2D eigenvalue weighted by molar-refractivity contribution is 5.97. The van der Waals surface area contributed by atoms with E-state index < -0.39 is 0 Å². The Morgan fingerprint density at radius 2 is 2.00 bits per heavy atom. The Morgan fingerprint density at radius 1 is 1.38 bits per heavy atom. The third kappa shape index (κ3) is 5.74. The Balaban J connectivity index is 4.61. The van der Waals surface area contributed by atoms with Crippen LogP contribution in [0.1, 0.15) is 53.9 Å². The molecule has 0 aliphatic rings. The number of nitrogens with two attached hydrogens (primary N) is 1. The molecule has 0 amide bonds. The first-order valence-corrected chi connectivity index (χ1v) is 6.19. The van der Waals surface area contributed by atoms with Crippen LogP contribution >= 0.6 is 0 Å². The zero-order chi connectivity index (χ0) is 12.6. The zero-order valence-electron chi connectivity index (χ0n) is 11.4. The summed E-state index contributed by atoms with van der Waals surface area (Å²) in [4.78, 5) is 4.32. The Labute approximate surface area is 100 Å². The van der Waals surface area contributed by atoms with Crippen molar-refractivity contribution in [2.45, 2.75) is 53.9 Å². The molecule has 92 valence electrons. The fourth-order valence-electron chi connectivity index (χ4n) is 1.24. The number of hydrogen-bond donors (Lipinski definition) is 1. The molecule has 0 aliphatic heterocycles. The molecule has 0 aromatic rings. The van der Waals surface area contributed by atoms with Crippen LogP contribution in [0.3, 0.4) is 0 Å². The van der Waals surface area contributed by atoms with Gasteiger partial charge in [0.1, 0.15) is 5.84 Å². The molecular weight excluding hydrogens is 196 g/mol. The second-order valence-corrected chi connectivity index (χ2v) is 4.37. The second kappa shape index (κ2) is 8.14. The van der Waals surface area contributed by atoms with Gasteiger partial charge in [0.15, 0.2) is 0 Å². The van der Waals surface area contributed by atoms with Gasteiger partial charge in [-0.15, -0.1) is 0 Å². The number of hydrogen-bond acceptors (Lipinski definition) is 1. The van der Waals surface area contributed by atoms with Crippen LogP contribution in [0.4, 0.5) is 0 Å². The molecule has 0 saturated heterocycles. The molecule has 2 heteroatoms. The van der Waals surface area contributed by atoms with E-state index in [-0.39, 0.29) is 0 Å². The minimum atomic E-state index is 0.663. The van der Waals surface area contributed by atoms with Crippen molar-refractivity contribution in [1.82, 2.24) is 0 Å². The Hall–Kier alpha value is -1.05. The van der Waals surface area contributed by atoms with Gasteiger partial charge < -0.3 is 5.73 Å². The third-order valence-corrected chi connectivity index (χ3v) is 2.92. The summed E-state index contributed by atoms with van der Waals surface area (Å²) in [7, 11) is 0. The molecule has 0 aliphatic carbocycles. The summed E-state index contributed by atoms with van der Waals surface area (Å²) in [6, 6.07) is 0. The second-order valence-electron chi connectivity index (χ2n) is 4.37. The molecule has 0 aromatic heterocycles. The van der Waals surface area contributed by atoms with Gasteiger partial charge in [0.05, 0.1) is 0 Å². The van der Waals surface area contributed by atoms with Crippen LogP contribution in [0.15, 0.2) is 28.4 Å². The quantitative estimate of drug-likeness (QED) is 0.534. The molecule has 0 saturated carbocycles. The van der Waals surface area contributed by atoms with Crippen LogP contribution in [0.5, 0.6) is 0 Å². The highest BCUT2D eigenvalue weighted by atomic mass is 14.8. The van der Waals surface area contributed by atoms with Crippen molar-refractivity contribution in [1.29, 1.82) is 0 Å². The summed E-state index contributed by atoms with van der Waals surface area (Å²) in [6.45, 7) is 10.7. The van der Waals surface area contributed by atoms with Crippen LogP contribution in [0.2, 0.25) is 0 Å². The molecule has 16 heavy (non-hydrogen) atoms. The molecule has 1 unspecified atom stereocenters. The maximum Gasteiger partial charge on any atom is 0.126 e. The van der Waals surface area contributed by atoms with E-state index in [1.54, 1.807) is 0 Å². The summed E-state index contributed by atoms with van der Waals surface area (Å²) in [6.07, 6.45) is 7.15. The molecule has 1 atom stereocenters. The predicted molar refractivity (Wildman–Crippen MR) is 73.5 cm³/mol. The molecule has 0 spiro atoms. The number of allylic oxidation sites excluding steroid dienone is 2. The lowest BCUT2D eigenvalue weighted by Gasteiger charge is -2.11. The topological polar surface area (TPSA) is 38.4 Å². The molecule has 0 bridgehead atoms. The van der Waals surface area contributed by atoms with E-state index in [1.807, 2.05) is 13.1 Å². The average Bonchev–Trinajstić information content (AvgIpc) is 2.31. The molecule has 0 fully saturated rings. The lowest BCUT2D eigenvalue weighted by Crippen LogP contribution is -2.16. The smallest absolute Gasteiger partial charge is 0.126 e. The largest absolute Gasteiger partial charge is 0.383 e. The van der Waals surface area contributed by atoms with Crippen LogP contribution in [-0.4, -0.2) is 5.84 Å². The van der Waals surface area contributed by atoms with Crippen molar-refractivity contribution >= 4 is 5.84 Å². The van der Waals surface area contributed by atoms with E-state index in [1.165, 1.54) is 12.0 Å². The Bertz CT molecular complexity index is 285. The van der Waals surface area contributed by atoms with E-state index in [9.17, 15) is 0 Å². The first kappa shape index (κ1) is 14.9. The first-order chi connectivity index (χ1) is 7.54. The van der Waals surface area contributed by atoms with Gasteiger partial charge in [-0.25, -0.2) is 4.99 Å². The van der Waals surface area contributed by atoms with Crippen molar-refractivity contribution < 1.29 is 0 Å². The Morgan fingerprint density at radius 3 is 2.44 bits per heavy atom. The molecule has 2 nitrogen and oxygen atoms in total. The van der Waals surface area contributed by atoms with E-state index in [0.717, 1.165) is 18.4 Å². The van der Waals surface area contributed by atoms with Crippen LogP contribution < -0.4 is 5.73 Å². The summed E-state index contributed by atoms with van der Waals surface area (Å²) < 4.78 is 0. The average molecular weight is 222 g/mol. The van der Waals surface area contributed by atoms with Gasteiger partial charge >= 0.3 is 0 Å². The molecular formula is C14H26N2. The van der Waals surface area contributed by atoms with Crippen molar-refractivity contribution in [2.75, 3.05) is 0 Å². The fourth-order valence-corrected chi connectivity index (χ4v) is 1.24. The summed E-state index contributed by atoms with van der Waals surface area (Å²) in [5.74, 6) is 1.33. The van der Waals surface area contributed by atoms with E-state index in [4.69, 9.17) is 5.73 Å². The van der Waals surface area contributed by atoms with Crippen molar-refractivity contribution in [3.8, 4) is 0 Å². The van der Waals surface area contributed by atoms with E-state index in [0.29, 0.717) is 11.8 Å². The SMILES string of the molecule is C\C=C(CC(C)CC)/C(N)=N/C=C(\C)CC. The monoisotopic (exact) mass is 222 g/mol. The lowest BCUT2D eigenvalue weighted by molar-refractivity contribution is 0.564.